The van der Waals surface area contributed by atoms with E-state index < -0.39 is 0 Å². The van der Waals surface area contributed by atoms with Crippen molar-refractivity contribution in [2.75, 3.05) is 5.32 Å². The van der Waals surface area contributed by atoms with Crippen LogP contribution in [0.2, 0.25) is 0 Å². The molecule has 0 aromatic carbocycles. The van der Waals surface area contributed by atoms with Crippen LogP contribution < -0.4 is 11.1 Å². The molecule has 2 rings (SSSR count). The predicted molar refractivity (Wildman–Crippen MR) is 64.4 cm³/mol. The molecule has 2 aromatic heterocycles. The van der Waals surface area contributed by atoms with E-state index in [-0.39, 0.29) is 4.99 Å². The topological polar surface area (TPSA) is 81.7 Å². The third-order valence-electron chi connectivity index (χ3n) is 1.87. The van der Waals surface area contributed by atoms with Crippen LogP contribution in [0.1, 0.15) is 5.69 Å². The Hall–Kier alpha value is -2.02. The van der Waals surface area contributed by atoms with E-state index in [2.05, 4.69) is 20.4 Å². The van der Waals surface area contributed by atoms with Gasteiger partial charge in [-0.05, 0) is 0 Å². The van der Waals surface area contributed by atoms with Crippen molar-refractivity contribution in [3.8, 4) is 0 Å². The lowest BCUT2D eigenvalue weighted by atomic mass is 10.4. The summed E-state index contributed by atoms with van der Waals surface area (Å²) in [5.41, 5.74) is 5.91. The van der Waals surface area contributed by atoms with Crippen LogP contribution in [-0.4, -0.2) is 24.7 Å². The predicted octanol–water partition coefficient (Wildman–Crippen LogP) is 0.588. The molecule has 16 heavy (non-hydrogen) atoms. The highest BCUT2D eigenvalue weighted by atomic mass is 32.1. The van der Waals surface area contributed by atoms with E-state index >= 15 is 0 Å². The molecule has 0 aliphatic heterocycles. The van der Waals surface area contributed by atoms with Gasteiger partial charge in [-0.25, -0.2) is 9.97 Å². The van der Waals surface area contributed by atoms with E-state index in [9.17, 15) is 0 Å². The number of nitrogens with two attached hydrogens (primary N) is 1. The summed E-state index contributed by atoms with van der Waals surface area (Å²) in [6.07, 6.45) is 4.91. The Morgan fingerprint density at radius 2 is 2.19 bits per heavy atom. The van der Waals surface area contributed by atoms with Gasteiger partial charge in [-0.2, -0.15) is 5.10 Å². The van der Waals surface area contributed by atoms with E-state index in [0.717, 1.165) is 0 Å². The lowest BCUT2D eigenvalue weighted by molar-refractivity contribution is 0.771. The van der Waals surface area contributed by atoms with Gasteiger partial charge in [0.05, 0.1) is 12.4 Å². The second-order valence-corrected chi connectivity index (χ2v) is 3.59. The number of aromatic nitrogens is 4. The van der Waals surface area contributed by atoms with Crippen LogP contribution in [0.4, 0.5) is 11.6 Å². The molecule has 0 atom stereocenters. The molecule has 7 heteroatoms. The minimum absolute atomic E-state index is 0.233. The normalized spacial score (nSPS) is 10.1. The van der Waals surface area contributed by atoms with Crippen molar-refractivity contribution in [2.45, 2.75) is 0 Å². The van der Waals surface area contributed by atoms with E-state index in [1.54, 1.807) is 10.9 Å². The Bertz CT molecular complexity index is 503. The fraction of sp³-hybridized carbons (Fsp3) is 0.111. The van der Waals surface area contributed by atoms with Gasteiger partial charge >= 0.3 is 0 Å². The molecule has 0 radical (unpaired) electrons. The SMILES string of the molecule is Cn1ccc(Nc2cnc(C(N)=S)cn2)n1. The lowest BCUT2D eigenvalue weighted by Gasteiger charge is -2.02. The fourth-order valence-corrected chi connectivity index (χ4v) is 1.24. The van der Waals surface area contributed by atoms with Crippen LogP contribution >= 0.6 is 12.2 Å². The highest BCUT2D eigenvalue weighted by Gasteiger charge is 2.01. The van der Waals surface area contributed by atoms with Gasteiger partial charge in [0.2, 0.25) is 0 Å². The van der Waals surface area contributed by atoms with Gasteiger partial charge in [0.15, 0.2) is 5.82 Å². The highest BCUT2D eigenvalue weighted by molar-refractivity contribution is 7.80. The van der Waals surface area contributed by atoms with Crippen molar-refractivity contribution >= 4 is 28.8 Å². The number of hydrogen-bond acceptors (Lipinski definition) is 5. The molecule has 2 heterocycles. The largest absolute Gasteiger partial charge is 0.388 e. The molecule has 0 unspecified atom stereocenters. The number of nitrogens with zero attached hydrogens (tertiary/aromatic N) is 4. The van der Waals surface area contributed by atoms with Crippen LogP contribution in [0.3, 0.4) is 0 Å². The second-order valence-electron chi connectivity index (χ2n) is 3.15. The summed E-state index contributed by atoms with van der Waals surface area (Å²) in [4.78, 5) is 8.40. The van der Waals surface area contributed by atoms with E-state index in [1.807, 2.05) is 19.3 Å². The summed E-state index contributed by atoms with van der Waals surface area (Å²) in [5, 5.41) is 7.15. The number of hydrogen-bond donors (Lipinski definition) is 2. The third-order valence-corrected chi connectivity index (χ3v) is 2.08. The van der Waals surface area contributed by atoms with Gasteiger partial charge in [-0.3, -0.25) is 4.68 Å². The minimum Gasteiger partial charge on any atom is -0.388 e. The number of thiocarbonyl (C=S) groups is 1. The standard InChI is InChI=1S/C9H10N6S/c1-15-3-2-7(14-15)13-8-5-11-6(4-12-8)9(10)16/h2-5H,1H3,(H2,10,16)(H,12,13,14). The second kappa shape index (κ2) is 4.23. The van der Waals surface area contributed by atoms with Crippen molar-refractivity contribution in [3.63, 3.8) is 0 Å². The fourth-order valence-electron chi connectivity index (χ4n) is 1.13. The van der Waals surface area contributed by atoms with Gasteiger partial charge in [0.1, 0.15) is 16.5 Å². The van der Waals surface area contributed by atoms with Crippen molar-refractivity contribution in [3.05, 3.63) is 30.4 Å². The molecule has 0 aliphatic carbocycles. The van der Waals surface area contributed by atoms with Gasteiger partial charge < -0.3 is 11.1 Å². The molecule has 82 valence electrons. The maximum atomic E-state index is 5.41. The molecular weight excluding hydrogens is 224 g/mol. The van der Waals surface area contributed by atoms with E-state index in [4.69, 9.17) is 18.0 Å². The molecular formula is C9H10N6S. The van der Waals surface area contributed by atoms with Gasteiger partial charge in [0, 0.05) is 19.3 Å². The third kappa shape index (κ3) is 2.31. The molecule has 0 amide bonds. The highest BCUT2D eigenvalue weighted by Crippen LogP contribution is 2.09. The Morgan fingerprint density at radius 3 is 2.69 bits per heavy atom. The number of aryl methyl sites for hydroxylation is 1. The summed E-state index contributed by atoms with van der Waals surface area (Å²) in [6, 6.07) is 1.84. The maximum Gasteiger partial charge on any atom is 0.153 e. The molecule has 0 bridgehead atoms. The number of nitrogens with one attached hydrogen (secondary N) is 1. The van der Waals surface area contributed by atoms with Crippen LogP contribution in [0, 0.1) is 0 Å². The summed E-state index contributed by atoms with van der Waals surface area (Å²) >= 11 is 4.78. The minimum atomic E-state index is 0.233. The first-order chi connectivity index (χ1) is 7.65. The lowest BCUT2D eigenvalue weighted by Crippen LogP contribution is -2.12. The van der Waals surface area contributed by atoms with Gasteiger partial charge in [-0.15, -0.1) is 0 Å². The first-order valence-corrected chi connectivity index (χ1v) is 4.94. The van der Waals surface area contributed by atoms with Crippen LogP contribution in [0.15, 0.2) is 24.7 Å². The van der Waals surface area contributed by atoms with Crippen LogP contribution in [0.5, 0.6) is 0 Å². The van der Waals surface area contributed by atoms with Crippen molar-refractivity contribution < 1.29 is 0 Å². The van der Waals surface area contributed by atoms with Crippen molar-refractivity contribution in [1.29, 1.82) is 0 Å². The zero-order valence-electron chi connectivity index (χ0n) is 8.58. The van der Waals surface area contributed by atoms with Crippen molar-refractivity contribution in [2.24, 2.45) is 12.8 Å². The van der Waals surface area contributed by atoms with Crippen LogP contribution in [-0.2, 0) is 7.05 Å². The average molecular weight is 234 g/mol. The van der Waals surface area contributed by atoms with Crippen molar-refractivity contribution in [1.82, 2.24) is 19.7 Å². The number of anilines is 2. The first-order valence-electron chi connectivity index (χ1n) is 4.53. The van der Waals surface area contributed by atoms with E-state index in [0.29, 0.717) is 17.3 Å². The van der Waals surface area contributed by atoms with Gasteiger partial charge in [0.25, 0.3) is 0 Å². The van der Waals surface area contributed by atoms with E-state index in [1.165, 1.54) is 6.20 Å². The smallest absolute Gasteiger partial charge is 0.153 e. The summed E-state index contributed by atoms with van der Waals surface area (Å²) < 4.78 is 1.69. The zero-order valence-corrected chi connectivity index (χ0v) is 9.40. The quantitative estimate of drug-likeness (QED) is 0.756. The molecule has 0 spiro atoms. The van der Waals surface area contributed by atoms with Crippen LogP contribution in [0.25, 0.3) is 0 Å². The Kier molecular flexibility index (Phi) is 2.78. The molecule has 3 N–H and O–H groups in total. The molecule has 6 nitrogen and oxygen atoms in total. The molecule has 0 saturated carbocycles. The molecule has 0 saturated heterocycles. The monoisotopic (exact) mass is 234 g/mol. The first kappa shape index (κ1) is 10.5. The molecule has 2 aromatic rings. The number of rotatable bonds is 3. The molecule has 0 aliphatic rings. The Balaban J connectivity index is 2.14. The van der Waals surface area contributed by atoms with Gasteiger partial charge in [-0.1, -0.05) is 12.2 Å². The molecule has 0 fully saturated rings. The maximum absolute atomic E-state index is 5.41. The summed E-state index contributed by atoms with van der Waals surface area (Å²) in [6.45, 7) is 0. The Labute approximate surface area is 97.5 Å². The zero-order chi connectivity index (χ0) is 11.5. The summed E-state index contributed by atoms with van der Waals surface area (Å²) in [5.74, 6) is 1.30. The summed E-state index contributed by atoms with van der Waals surface area (Å²) in [7, 11) is 1.84. The Morgan fingerprint density at radius 1 is 1.38 bits per heavy atom. The average Bonchev–Trinajstić information content (AvgIpc) is 2.65.